The van der Waals surface area contributed by atoms with E-state index in [1.807, 2.05) is 0 Å². The van der Waals surface area contributed by atoms with Gasteiger partial charge in [0.2, 0.25) is 10.0 Å². The summed E-state index contributed by atoms with van der Waals surface area (Å²) in [7, 11) is -3.67. The van der Waals surface area contributed by atoms with Crippen LogP contribution in [0, 0.1) is 10.1 Å². The molecule has 0 bridgehead atoms. The number of nitrogens with one attached hydrogen (secondary N) is 1. The van der Waals surface area contributed by atoms with Crippen LogP contribution in [-0.4, -0.2) is 19.9 Å². The molecule has 0 unspecified atom stereocenters. The van der Waals surface area contributed by atoms with Crippen LogP contribution in [0.15, 0.2) is 53.4 Å². The molecule has 2 aromatic carbocycles. The van der Waals surface area contributed by atoms with E-state index in [0.717, 1.165) is 5.56 Å². The lowest BCUT2D eigenvalue weighted by Crippen LogP contribution is -2.26. The molecular weight excluding hydrogens is 328 g/mol. The Balaban J connectivity index is 1.98. The molecule has 0 heterocycles. The Morgan fingerprint density at radius 2 is 1.73 bits per heavy atom. The molecule has 2 aromatic rings. The van der Waals surface area contributed by atoms with Crippen molar-refractivity contribution in [2.45, 2.75) is 11.3 Å². The van der Waals surface area contributed by atoms with Crippen LogP contribution in [0.1, 0.15) is 5.56 Å². The topological polar surface area (TPSA) is 89.3 Å². The molecule has 0 amide bonds. The van der Waals surface area contributed by atoms with Gasteiger partial charge in [0.1, 0.15) is 4.90 Å². The van der Waals surface area contributed by atoms with E-state index >= 15 is 0 Å². The van der Waals surface area contributed by atoms with Crippen molar-refractivity contribution in [3.63, 3.8) is 0 Å². The molecule has 22 heavy (non-hydrogen) atoms. The number of halogens is 1. The summed E-state index contributed by atoms with van der Waals surface area (Å²) >= 11 is 5.87. The molecular formula is C14H13ClN2O4S. The normalized spacial score (nSPS) is 11.3. The first kappa shape index (κ1) is 16.4. The molecule has 0 aliphatic rings. The molecule has 0 aliphatic carbocycles. The van der Waals surface area contributed by atoms with Crippen LogP contribution in [0.2, 0.25) is 5.02 Å². The Kier molecular flexibility index (Phi) is 5.12. The van der Waals surface area contributed by atoms with E-state index in [2.05, 4.69) is 4.72 Å². The number of rotatable bonds is 6. The summed E-state index contributed by atoms with van der Waals surface area (Å²) in [5.41, 5.74) is 0.799. The van der Waals surface area contributed by atoms with Crippen LogP contribution in [0.4, 0.5) is 5.69 Å². The molecule has 0 aliphatic heterocycles. The van der Waals surface area contributed by atoms with Gasteiger partial charge in [0.15, 0.2) is 0 Å². The summed E-state index contributed by atoms with van der Waals surface area (Å²) < 4.78 is 26.7. The van der Waals surface area contributed by atoms with Crippen molar-refractivity contribution in [2.24, 2.45) is 0 Å². The average molecular weight is 341 g/mol. The second-order valence-electron chi connectivity index (χ2n) is 4.50. The third-order valence-electron chi connectivity index (χ3n) is 2.98. The minimum absolute atomic E-state index is 0.000369. The van der Waals surface area contributed by atoms with Gasteiger partial charge in [0.25, 0.3) is 5.69 Å². The van der Waals surface area contributed by atoms with Gasteiger partial charge in [0, 0.05) is 18.7 Å². The first-order chi connectivity index (χ1) is 10.4. The van der Waals surface area contributed by atoms with Gasteiger partial charge in [-0.3, -0.25) is 10.1 Å². The van der Waals surface area contributed by atoms with Crippen molar-refractivity contribution in [3.8, 4) is 0 Å². The molecule has 0 fully saturated rings. The van der Waals surface area contributed by atoms with Gasteiger partial charge in [-0.25, -0.2) is 13.1 Å². The molecule has 116 valence electrons. The van der Waals surface area contributed by atoms with Crippen molar-refractivity contribution in [2.75, 3.05) is 6.54 Å². The van der Waals surface area contributed by atoms with Gasteiger partial charge < -0.3 is 0 Å². The van der Waals surface area contributed by atoms with Crippen LogP contribution < -0.4 is 4.72 Å². The van der Waals surface area contributed by atoms with Crippen molar-refractivity contribution in [3.05, 3.63) is 69.2 Å². The van der Waals surface area contributed by atoms with Gasteiger partial charge in [-0.05, 0) is 24.1 Å². The summed E-state index contributed by atoms with van der Waals surface area (Å²) in [5.74, 6) is 0. The Morgan fingerprint density at radius 1 is 1.09 bits per heavy atom. The first-order valence-corrected chi connectivity index (χ1v) is 8.24. The standard InChI is InChI=1S/C14H13ClN2O4S/c15-13-3-1-2-4-14(13)22(20,21)16-10-9-11-5-7-12(8-6-11)17(18)19/h1-8,16H,9-10H2. The number of nitro groups is 1. The van der Waals surface area contributed by atoms with Crippen LogP contribution in [0.5, 0.6) is 0 Å². The highest BCUT2D eigenvalue weighted by Gasteiger charge is 2.16. The number of hydrogen-bond acceptors (Lipinski definition) is 4. The molecule has 0 aromatic heterocycles. The number of hydrogen-bond donors (Lipinski definition) is 1. The smallest absolute Gasteiger partial charge is 0.258 e. The Morgan fingerprint density at radius 3 is 2.32 bits per heavy atom. The molecule has 0 radical (unpaired) electrons. The molecule has 1 N–H and O–H groups in total. The van der Waals surface area contributed by atoms with Crippen LogP contribution in [0.25, 0.3) is 0 Å². The Labute approximate surface area is 132 Å². The number of nitro benzene ring substituents is 1. The highest BCUT2D eigenvalue weighted by molar-refractivity contribution is 7.89. The zero-order valence-electron chi connectivity index (χ0n) is 11.4. The summed E-state index contributed by atoms with van der Waals surface area (Å²) in [6, 6.07) is 12.2. The fourth-order valence-corrected chi connectivity index (χ4v) is 3.40. The van der Waals surface area contributed by atoms with E-state index in [0.29, 0.717) is 6.42 Å². The van der Waals surface area contributed by atoms with Crippen molar-refractivity contribution in [1.29, 1.82) is 0 Å². The zero-order chi connectivity index (χ0) is 16.2. The van der Waals surface area contributed by atoms with Crippen LogP contribution in [0.3, 0.4) is 0 Å². The monoisotopic (exact) mass is 340 g/mol. The molecule has 0 saturated carbocycles. The molecule has 6 nitrogen and oxygen atoms in total. The fraction of sp³-hybridized carbons (Fsp3) is 0.143. The van der Waals surface area contributed by atoms with Gasteiger partial charge >= 0.3 is 0 Å². The Bertz CT molecular complexity index is 776. The number of nitrogens with zero attached hydrogens (tertiary/aromatic N) is 1. The van der Waals surface area contributed by atoms with Gasteiger partial charge in [-0.1, -0.05) is 35.9 Å². The second kappa shape index (κ2) is 6.87. The zero-order valence-corrected chi connectivity index (χ0v) is 13.0. The lowest BCUT2D eigenvalue weighted by atomic mass is 10.1. The SMILES string of the molecule is O=[N+]([O-])c1ccc(CCNS(=O)(=O)c2ccccc2Cl)cc1. The van der Waals surface area contributed by atoms with E-state index in [1.165, 1.54) is 24.3 Å². The third-order valence-corrected chi connectivity index (χ3v) is 4.94. The largest absolute Gasteiger partial charge is 0.269 e. The van der Waals surface area contributed by atoms with Crippen molar-refractivity contribution in [1.82, 2.24) is 4.72 Å². The number of non-ortho nitro benzene ring substituents is 1. The molecule has 0 atom stereocenters. The summed E-state index contributed by atoms with van der Waals surface area (Å²) in [6.45, 7) is 0.172. The van der Waals surface area contributed by atoms with E-state index in [4.69, 9.17) is 11.6 Å². The average Bonchev–Trinajstić information content (AvgIpc) is 2.48. The molecule has 8 heteroatoms. The highest BCUT2D eigenvalue weighted by Crippen LogP contribution is 2.20. The maximum atomic E-state index is 12.1. The highest BCUT2D eigenvalue weighted by atomic mass is 35.5. The molecule has 0 spiro atoms. The van der Waals surface area contributed by atoms with Gasteiger partial charge in [-0.2, -0.15) is 0 Å². The lowest BCUT2D eigenvalue weighted by Gasteiger charge is -2.08. The van der Waals surface area contributed by atoms with Gasteiger partial charge in [-0.15, -0.1) is 0 Å². The minimum atomic E-state index is -3.67. The number of sulfonamides is 1. The molecule has 2 rings (SSSR count). The minimum Gasteiger partial charge on any atom is -0.258 e. The fourth-order valence-electron chi connectivity index (χ4n) is 1.85. The second-order valence-corrected chi connectivity index (χ2v) is 6.64. The van der Waals surface area contributed by atoms with Gasteiger partial charge in [0.05, 0.1) is 9.95 Å². The maximum Gasteiger partial charge on any atom is 0.269 e. The molecule has 0 saturated heterocycles. The predicted molar refractivity (Wildman–Crippen MR) is 83.4 cm³/mol. The lowest BCUT2D eigenvalue weighted by molar-refractivity contribution is -0.384. The third kappa shape index (κ3) is 4.03. The van der Waals surface area contributed by atoms with E-state index in [9.17, 15) is 18.5 Å². The summed E-state index contributed by atoms with van der Waals surface area (Å²) in [6.07, 6.45) is 0.418. The summed E-state index contributed by atoms with van der Waals surface area (Å²) in [4.78, 5) is 10.1. The maximum absolute atomic E-state index is 12.1. The van der Waals surface area contributed by atoms with Crippen molar-refractivity contribution >= 4 is 27.3 Å². The van der Waals surface area contributed by atoms with E-state index in [1.54, 1.807) is 24.3 Å². The van der Waals surface area contributed by atoms with Crippen LogP contribution in [-0.2, 0) is 16.4 Å². The first-order valence-electron chi connectivity index (χ1n) is 6.38. The Hall–Kier alpha value is -1.96. The predicted octanol–water partition coefficient (Wildman–Crippen LogP) is 2.77. The van der Waals surface area contributed by atoms with Crippen LogP contribution >= 0.6 is 11.6 Å². The van der Waals surface area contributed by atoms with E-state index < -0.39 is 14.9 Å². The quantitative estimate of drug-likeness (QED) is 0.646. The van der Waals surface area contributed by atoms with E-state index in [-0.39, 0.29) is 22.2 Å². The van der Waals surface area contributed by atoms with Crippen molar-refractivity contribution < 1.29 is 13.3 Å². The number of benzene rings is 2. The summed E-state index contributed by atoms with van der Waals surface area (Å²) in [5, 5.41) is 10.7.